The van der Waals surface area contributed by atoms with Gasteiger partial charge in [-0.1, -0.05) is 55.8 Å². The van der Waals surface area contributed by atoms with Gasteiger partial charge in [0.25, 0.3) is 0 Å². The van der Waals surface area contributed by atoms with Gasteiger partial charge in [-0.25, -0.2) is 13.1 Å². The summed E-state index contributed by atoms with van der Waals surface area (Å²) in [5.74, 6) is 0.663. The third kappa shape index (κ3) is 4.22. The maximum absolute atomic E-state index is 12.8. The van der Waals surface area contributed by atoms with Gasteiger partial charge in [0.1, 0.15) is 11.4 Å². The minimum Gasteiger partial charge on any atom is -0.487 e. The Morgan fingerprint density at radius 2 is 1.88 bits per heavy atom. The minimum atomic E-state index is -3.52. The van der Waals surface area contributed by atoms with Crippen molar-refractivity contribution in [3.63, 3.8) is 0 Å². The second kappa shape index (κ2) is 7.59. The second-order valence-corrected chi connectivity index (χ2v) is 8.98. The molecule has 0 spiro atoms. The zero-order valence-corrected chi connectivity index (χ0v) is 16.6. The van der Waals surface area contributed by atoms with Gasteiger partial charge in [-0.3, -0.25) is 0 Å². The van der Waals surface area contributed by atoms with Crippen LogP contribution in [0, 0.1) is 0 Å². The van der Waals surface area contributed by atoms with E-state index in [-0.39, 0.29) is 17.4 Å². The monoisotopic (exact) mass is 393 g/mol. The molecule has 1 aliphatic heterocycles. The minimum absolute atomic E-state index is 0.0989. The summed E-state index contributed by atoms with van der Waals surface area (Å²) in [5, 5.41) is 0.532. The van der Waals surface area contributed by atoms with E-state index in [4.69, 9.17) is 16.3 Å². The number of rotatable bonds is 6. The Morgan fingerprint density at radius 3 is 2.58 bits per heavy atom. The van der Waals surface area contributed by atoms with Crippen LogP contribution in [-0.4, -0.2) is 14.0 Å². The molecule has 26 heavy (non-hydrogen) atoms. The quantitative estimate of drug-likeness (QED) is 0.763. The first-order valence-electron chi connectivity index (χ1n) is 8.89. The number of sulfonamides is 1. The third-order valence-electron chi connectivity index (χ3n) is 5.05. The van der Waals surface area contributed by atoms with E-state index in [0.717, 1.165) is 24.2 Å². The van der Waals surface area contributed by atoms with E-state index in [1.54, 1.807) is 24.3 Å². The summed E-state index contributed by atoms with van der Waals surface area (Å²) >= 11 is 5.98. The largest absolute Gasteiger partial charge is 0.487 e. The van der Waals surface area contributed by atoms with Crippen LogP contribution in [0.25, 0.3) is 0 Å². The Kier molecular flexibility index (Phi) is 5.61. The highest BCUT2D eigenvalue weighted by Gasteiger charge is 2.39. The van der Waals surface area contributed by atoms with Crippen molar-refractivity contribution >= 4 is 21.6 Å². The Labute approximate surface area is 160 Å². The molecule has 1 N–H and O–H groups in total. The molecule has 0 saturated carbocycles. The lowest BCUT2D eigenvalue weighted by Crippen LogP contribution is -2.44. The van der Waals surface area contributed by atoms with Crippen LogP contribution < -0.4 is 9.46 Å². The van der Waals surface area contributed by atoms with Gasteiger partial charge in [-0.2, -0.15) is 0 Å². The highest BCUT2D eigenvalue weighted by molar-refractivity contribution is 7.88. The number of halogens is 1. The summed E-state index contributed by atoms with van der Waals surface area (Å²) in [6.07, 6.45) is 2.26. The topological polar surface area (TPSA) is 55.4 Å². The van der Waals surface area contributed by atoms with Gasteiger partial charge in [0.15, 0.2) is 0 Å². The van der Waals surface area contributed by atoms with Crippen LogP contribution in [0.4, 0.5) is 0 Å². The average Bonchev–Trinajstić information content (AvgIpc) is 2.60. The Morgan fingerprint density at radius 1 is 1.15 bits per heavy atom. The normalized spacial score (nSPS) is 18.8. The summed E-state index contributed by atoms with van der Waals surface area (Å²) in [7, 11) is -3.52. The molecule has 2 aromatic carbocycles. The zero-order chi connectivity index (χ0) is 18.8. The smallest absolute Gasteiger partial charge is 0.216 e. The van der Waals surface area contributed by atoms with Gasteiger partial charge in [0.2, 0.25) is 10.0 Å². The van der Waals surface area contributed by atoms with Crippen LogP contribution in [0.15, 0.2) is 48.5 Å². The van der Waals surface area contributed by atoms with Gasteiger partial charge in [-0.05, 0) is 36.6 Å². The summed E-state index contributed by atoms with van der Waals surface area (Å²) in [6.45, 7) is 4.16. The molecule has 3 rings (SSSR count). The van der Waals surface area contributed by atoms with Crippen molar-refractivity contribution in [3.05, 3.63) is 64.7 Å². The van der Waals surface area contributed by atoms with E-state index < -0.39 is 10.0 Å². The van der Waals surface area contributed by atoms with Crippen molar-refractivity contribution < 1.29 is 13.2 Å². The van der Waals surface area contributed by atoms with Gasteiger partial charge in [-0.15, -0.1) is 0 Å². The van der Waals surface area contributed by atoms with E-state index in [0.29, 0.717) is 17.0 Å². The number of para-hydroxylation sites is 1. The fourth-order valence-electron chi connectivity index (χ4n) is 3.51. The highest BCUT2D eigenvalue weighted by Crippen LogP contribution is 2.42. The van der Waals surface area contributed by atoms with Gasteiger partial charge < -0.3 is 4.74 Å². The van der Waals surface area contributed by atoms with Crippen molar-refractivity contribution in [1.82, 2.24) is 4.72 Å². The number of fused-ring (bicyclic) bond motifs is 1. The molecule has 2 aromatic rings. The molecule has 4 nitrogen and oxygen atoms in total. The van der Waals surface area contributed by atoms with Crippen molar-refractivity contribution in [2.45, 2.75) is 50.5 Å². The molecule has 0 radical (unpaired) electrons. The van der Waals surface area contributed by atoms with Crippen molar-refractivity contribution in [1.29, 1.82) is 0 Å². The molecule has 0 bridgehead atoms. The molecule has 0 aromatic heterocycles. The molecule has 1 heterocycles. The van der Waals surface area contributed by atoms with Gasteiger partial charge in [0.05, 0.1) is 11.8 Å². The van der Waals surface area contributed by atoms with E-state index in [1.807, 2.05) is 24.3 Å². The predicted octanol–water partition coefficient (Wildman–Crippen LogP) is 4.84. The summed E-state index contributed by atoms with van der Waals surface area (Å²) in [6, 6.07) is 14.3. The molecular weight excluding hydrogens is 370 g/mol. The average molecular weight is 394 g/mol. The van der Waals surface area contributed by atoms with Gasteiger partial charge >= 0.3 is 0 Å². The lowest BCUT2D eigenvalue weighted by Gasteiger charge is -2.41. The third-order valence-corrected chi connectivity index (χ3v) is 6.65. The Balaban J connectivity index is 1.87. The Hall–Kier alpha value is -1.56. The second-order valence-electron chi connectivity index (χ2n) is 6.79. The molecule has 1 aliphatic rings. The molecule has 0 amide bonds. The molecule has 0 unspecified atom stereocenters. The van der Waals surface area contributed by atoms with Crippen LogP contribution in [-0.2, 0) is 15.8 Å². The lowest BCUT2D eigenvalue weighted by molar-refractivity contribution is 0.0260. The van der Waals surface area contributed by atoms with Crippen LogP contribution in [0.3, 0.4) is 0 Å². The lowest BCUT2D eigenvalue weighted by atomic mass is 9.84. The van der Waals surface area contributed by atoms with Crippen LogP contribution in [0.2, 0.25) is 5.02 Å². The summed E-state index contributed by atoms with van der Waals surface area (Å²) < 4.78 is 34.7. The number of nitrogens with one attached hydrogen (secondary N) is 1. The number of benzene rings is 2. The van der Waals surface area contributed by atoms with Crippen molar-refractivity contribution in [3.8, 4) is 5.75 Å². The van der Waals surface area contributed by atoms with Crippen LogP contribution in [0.5, 0.6) is 5.75 Å². The molecule has 0 fully saturated rings. The van der Waals surface area contributed by atoms with Crippen LogP contribution in [0.1, 0.15) is 50.3 Å². The van der Waals surface area contributed by atoms with Gasteiger partial charge in [0, 0.05) is 17.0 Å². The zero-order valence-electron chi connectivity index (χ0n) is 15.0. The maximum atomic E-state index is 12.8. The molecule has 0 aliphatic carbocycles. The molecule has 0 saturated heterocycles. The molecule has 1 atom stereocenters. The van der Waals surface area contributed by atoms with E-state index in [2.05, 4.69) is 18.6 Å². The predicted molar refractivity (Wildman–Crippen MR) is 105 cm³/mol. The molecule has 6 heteroatoms. The first kappa shape index (κ1) is 19.2. The Bertz CT molecular complexity index is 878. The highest BCUT2D eigenvalue weighted by atomic mass is 35.5. The van der Waals surface area contributed by atoms with E-state index >= 15 is 0 Å². The first-order valence-corrected chi connectivity index (χ1v) is 10.9. The summed E-state index contributed by atoms with van der Waals surface area (Å²) in [4.78, 5) is 0. The van der Waals surface area contributed by atoms with Crippen molar-refractivity contribution in [2.24, 2.45) is 0 Å². The first-order chi connectivity index (χ1) is 12.4. The molecular formula is C20H24ClNO3S. The fourth-order valence-corrected chi connectivity index (χ4v) is 5.07. The van der Waals surface area contributed by atoms with E-state index in [1.165, 1.54) is 0 Å². The van der Waals surface area contributed by atoms with Crippen molar-refractivity contribution in [2.75, 3.05) is 0 Å². The SMILES string of the molecule is CCC1(CC)C[C@H](NS(=O)(=O)Cc2cccc(Cl)c2)c2ccccc2O1. The van der Waals surface area contributed by atoms with Crippen LogP contribution >= 0.6 is 11.6 Å². The van der Waals surface area contributed by atoms with E-state index in [9.17, 15) is 8.42 Å². The fraction of sp³-hybridized carbons (Fsp3) is 0.400. The number of hydrogen-bond donors (Lipinski definition) is 1. The number of hydrogen-bond acceptors (Lipinski definition) is 3. The summed E-state index contributed by atoms with van der Waals surface area (Å²) in [5.41, 5.74) is 1.21. The molecule has 140 valence electrons. The maximum Gasteiger partial charge on any atom is 0.216 e. The standard InChI is InChI=1S/C20H24ClNO3S/c1-3-20(4-2)13-18(17-10-5-6-11-19(17)25-20)22-26(23,24)14-15-8-7-9-16(21)12-15/h5-12,18,22H,3-4,13-14H2,1-2H3/t18-/m0/s1. The number of ether oxygens (including phenoxy) is 1.